The summed E-state index contributed by atoms with van der Waals surface area (Å²) >= 11 is 5.50. The summed E-state index contributed by atoms with van der Waals surface area (Å²) in [6.45, 7) is -0.556. The Labute approximate surface area is 138 Å². The van der Waals surface area contributed by atoms with Gasteiger partial charge in [0.15, 0.2) is 0 Å². The Morgan fingerprint density at radius 1 is 1.38 bits per heavy atom. The van der Waals surface area contributed by atoms with Crippen LogP contribution in [0.1, 0.15) is 24.2 Å². The Morgan fingerprint density at radius 2 is 2.08 bits per heavy atom. The number of nitrogens with one attached hydrogen (secondary N) is 1. The van der Waals surface area contributed by atoms with Gasteiger partial charge in [0, 0.05) is 7.11 Å². The van der Waals surface area contributed by atoms with Crippen molar-refractivity contribution in [3.05, 3.63) is 28.8 Å². The molecular formula is C12H12ClF4N5O2. The van der Waals surface area contributed by atoms with Crippen LogP contribution < -0.4 is 5.32 Å². The number of halogens is 5. The maximum absolute atomic E-state index is 13.0. The summed E-state index contributed by atoms with van der Waals surface area (Å²) in [5.41, 5.74) is -1.65. The number of carbonyl (C=O) groups excluding carboxylic acids is 1. The van der Waals surface area contributed by atoms with Crippen molar-refractivity contribution in [2.45, 2.75) is 26.1 Å². The number of methoxy groups -OCH3 is 1. The molecule has 0 saturated carbocycles. The van der Waals surface area contributed by atoms with Gasteiger partial charge in [-0.05, 0) is 0 Å². The van der Waals surface area contributed by atoms with Gasteiger partial charge in [0.1, 0.15) is 24.7 Å². The van der Waals surface area contributed by atoms with E-state index in [1.165, 1.54) is 24.2 Å². The summed E-state index contributed by atoms with van der Waals surface area (Å²) in [6.07, 6.45) is -3.54. The van der Waals surface area contributed by atoms with Gasteiger partial charge in [-0.3, -0.25) is 9.48 Å². The molecule has 12 heteroatoms. The Bertz CT molecular complexity index is 718. The molecular weight excluding hydrogens is 358 g/mol. The third-order valence-corrected chi connectivity index (χ3v) is 3.23. The molecule has 0 aliphatic rings. The molecule has 132 valence electrons. The zero-order valence-corrected chi connectivity index (χ0v) is 13.0. The lowest BCUT2D eigenvalue weighted by atomic mass is 10.3. The van der Waals surface area contributed by atoms with E-state index in [0.29, 0.717) is 4.68 Å². The predicted molar refractivity (Wildman–Crippen MR) is 75.0 cm³/mol. The highest BCUT2D eigenvalue weighted by Crippen LogP contribution is 2.34. The fourth-order valence-electron chi connectivity index (χ4n) is 1.91. The van der Waals surface area contributed by atoms with Crippen LogP contribution >= 0.6 is 11.6 Å². The summed E-state index contributed by atoms with van der Waals surface area (Å²) < 4.78 is 58.1. The van der Waals surface area contributed by atoms with Gasteiger partial charge < -0.3 is 10.1 Å². The maximum Gasteiger partial charge on any atom is 0.283 e. The molecule has 0 spiro atoms. The number of ether oxygens (including phenoxy) is 1. The lowest BCUT2D eigenvalue weighted by Gasteiger charge is -2.07. The summed E-state index contributed by atoms with van der Waals surface area (Å²) in [5.74, 6) is -0.756. The highest BCUT2D eigenvalue weighted by atomic mass is 35.5. The predicted octanol–water partition coefficient (Wildman–Crippen LogP) is 2.85. The van der Waals surface area contributed by atoms with Crippen molar-refractivity contribution in [1.82, 2.24) is 19.6 Å². The Morgan fingerprint density at radius 3 is 2.67 bits per heavy atom. The molecule has 0 bridgehead atoms. The van der Waals surface area contributed by atoms with E-state index in [4.69, 9.17) is 16.3 Å². The minimum atomic E-state index is -3.16. The Balaban J connectivity index is 2.14. The molecule has 2 aromatic heterocycles. The number of amides is 1. The van der Waals surface area contributed by atoms with E-state index in [9.17, 15) is 22.4 Å². The van der Waals surface area contributed by atoms with Crippen LogP contribution in [0.25, 0.3) is 0 Å². The van der Waals surface area contributed by atoms with E-state index in [1.807, 2.05) is 0 Å². The summed E-state index contributed by atoms with van der Waals surface area (Å²) in [7, 11) is 1.45. The highest BCUT2D eigenvalue weighted by molar-refractivity contribution is 6.32. The third-order valence-electron chi connectivity index (χ3n) is 2.84. The molecule has 1 N–H and O–H groups in total. The minimum Gasteiger partial charge on any atom is -0.362 e. The van der Waals surface area contributed by atoms with Crippen molar-refractivity contribution in [3.8, 4) is 0 Å². The van der Waals surface area contributed by atoms with Gasteiger partial charge in [0.25, 0.3) is 12.9 Å². The van der Waals surface area contributed by atoms with E-state index >= 15 is 0 Å². The zero-order valence-electron chi connectivity index (χ0n) is 12.2. The molecule has 0 fully saturated rings. The van der Waals surface area contributed by atoms with Gasteiger partial charge in [0.2, 0.25) is 5.91 Å². The number of hydrogen-bond donors (Lipinski definition) is 1. The molecule has 0 unspecified atom stereocenters. The second-order valence-corrected chi connectivity index (χ2v) is 4.96. The average Bonchev–Trinajstić information content (AvgIpc) is 3.03. The first-order valence-electron chi connectivity index (χ1n) is 6.47. The van der Waals surface area contributed by atoms with Gasteiger partial charge in [-0.1, -0.05) is 11.6 Å². The quantitative estimate of drug-likeness (QED) is 0.762. The van der Waals surface area contributed by atoms with E-state index in [2.05, 4.69) is 15.5 Å². The monoisotopic (exact) mass is 369 g/mol. The standard InChI is InChI=1S/C12H12ClF4N5O2/c1-24-5-21-3-6(2-18-21)19-7(23)4-22-10(12(16)17)8(13)9(20-22)11(14)15/h2-3,11-12H,4-5H2,1H3,(H,19,23). The molecule has 0 radical (unpaired) electrons. The van der Waals surface area contributed by atoms with Crippen molar-refractivity contribution in [3.63, 3.8) is 0 Å². The summed E-state index contributed by atoms with van der Waals surface area (Å²) in [4.78, 5) is 11.9. The molecule has 2 heterocycles. The van der Waals surface area contributed by atoms with E-state index in [1.54, 1.807) is 0 Å². The highest BCUT2D eigenvalue weighted by Gasteiger charge is 2.28. The molecule has 24 heavy (non-hydrogen) atoms. The fourth-order valence-corrected chi connectivity index (χ4v) is 2.21. The molecule has 0 saturated heterocycles. The molecule has 7 nitrogen and oxygen atoms in total. The molecule has 0 aliphatic heterocycles. The maximum atomic E-state index is 13.0. The van der Waals surface area contributed by atoms with Crippen LogP contribution in [0.4, 0.5) is 23.2 Å². The number of anilines is 1. The van der Waals surface area contributed by atoms with Crippen LogP contribution in [0.15, 0.2) is 12.4 Å². The van der Waals surface area contributed by atoms with Crippen molar-refractivity contribution >= 4 is 23.2 Å². The number of aromatic nitrogens is 4. The zero-order chi connectivity index (χ0) is 17.9. The topological polar surface area (TPSA) is 74.0 Å². The van der Waals surface area contributed by atoms with Crippen LogP contribution in [-0.2, 0) is 22.8 Å². The largest absolute Gasteiger partial charge is 0.362 e. The molecule has 0 aliphatic carbocycles. The van der Waals surface area contributed by atoms with Gasteiger partial charge in [-0.15, -0.1) is 0 Å². The molecule has 0 aromatic carbocycles. The van der Waals surface area contributed by atoms with Crippen molar-refractivity contribution in [2.24, 2.45) is 0 Å². The first kappa shape index (κ1) is 18.2. The normalized spacial score (nSPS) is 11.5. The van der Waals surface area contributed by atoms with Gasteiger partial charge >= 0.3 is 0 Å². The second kappa shape index (κ2) is 7.62. The van der Waals surface area contributed by atoms with E-state index in [0.717, 1.165) is 0 Å². The first-order valence-corrected chi connectivity index (χ1v) is 6.85. The molecule has 0 atom stereocenters. The van der Waals surface area contributed by atoms with Crippen molar-refractivity contribution < 1.29 is 27.1 Å². The van der Waals surface area contributed by atoms with Crippen molar-refractivity contribution in [1.29, 1.82) is 0 Å². The lowest BCUT2D eigenvalue weighted by Crippen LogP contribution is -2.21. The van der Waals surface area contributed by atoms with Gasteiger partial charge in [-0.25, -0.2) is 22.2 Å². The average molecular weight is 370 g/mol. The fraction of sp³-hybridized carbons (Fsp3) is 0.417. The molecule has 1 amide bonds. The number of rotatable bonds is 7. The Kier molecular flexibility index (Phi) is 5.78. The first-order chi connectivity index (χ1) is 11.3. The minimum absolute atomic E-state index is 0.151. The smallest absolute Gasteiger partial charge is 0.283 e. The summed E-state index contributed by atoms with van der Waals surface area (Å²) in [5, 5.41) is 8.70. The third kappa shape index (κ3) is 4.03. The SMILES string of the molecule is COCn1cc(NC(=O)Cn2nc(C(F)F)c(Cl)c2C(F)F)cn1. The lowest BCUT2D eigenvalue weighted by molar-refractivity contribution is -0.117. The molecule has 2 aromatic rings. The van der Waals surface area contributed by atoms with E-state index in [-0.39, 0.29) is 12.4 Å². The van der Waals surface area contributed by atoms with Crippen LogP contribution in [0, 0.1) is 0 Å². The number of alkyl halides is 4. The number of hydrogen-bond acceptors (Lipinski definition) is 4. The number of carbonyl (C=O) groups is 1. The second-order valence-electron chi connectivity index (χ2n) is 4.58. The van der Waals surface area contributed by atoms with Crippen LogP contribution in [-0.4, -0.2) is 32.6 Å². The Hall–Kier alpha value is -2.14. The van der Waals surface area contributed by atoms with Gasteiger partial charge in [0.05, 0.1) is 23.1 Å². The van der Waals surface area contributed by atoms with Crippen LogP contribution in [0.5, 0.6) is 0 Å². The molecule has 2 rings (SSSR count). The summed E-state index contributed by atoms with van der Waals surface area (Å²) in [6, 6.07) is 0. The van der Waals surface area contributed by atoms with Crippen molar-refractivity contribution in [2.75, 3.05) is 12.4 Å². The van der Waals surface area contributed by atoms with Crippen LogP contribution in [0.2, 0.25) is 5.02 Å². The van der Waals surface area contributed by atoms with Gasteiger partial charge in [-0.2, -0.15) is 10.2 Å². The van der Waals surface area contributed by atoms with E-state index < -0.39 is 41.7 Å². The number of nitrogens with zero attached hydrogens (tertiary/aromatic N) is 4. The van der Waals surface area contributed by atoms with Crippen LogP contribution in [0.3, 0.4) is 0 Å².